The number of benzene rings is 2. The first kappa shape index (κ1) is 16.7. The van der Waals surface area contributed by atoms with Crippen molar-refractivity contribution in [2.45, 2.75) is 6.92 Å². The number of pyridine rings is 1. The van der Waals surface area contributed by atoms with Gasteiger partial charge in [-0.3, -0.25) is 4.98 Å². The summed E-state index contributed by atoms with van der Waals surface area (Å²) < 4.78 is 10.2. The van der Waals surface area contributed by atoms with Crippen molar-refractivity contribution in [1.82, 2.24) is 4.98 Å². The molecule has 0 atom stereocenters. The van der Waals surface area contributed by atoms with Gasteiger partial charge >= 0.3 is 5.97 Å². The van der Waals surface area contributed by atoms with E-state index in [0.717, 1.165) is 22.0 Å². The number of rotatable bonds is 6. The fourth-order valence-electron chi connectivity index (χ4n) is 2.47. The van der Waals surface area contributed by atoms with Gasteiger partial charge in [0.15, 0.2) is 6.61 Å². The first-order chi connectivity index (χ1) is 12.3. The molecule has 0 saturated carbocycles. The second kappa shape index (κ2) is 8.11. The van der Waals surface area contributed by atoms with Gasteiger partial charge in [-0.2, -0.15) is 0 Å². The lowest BCUT2D eigenvalue weighted by Gasteiger charge is -2.06. The van der Waals surface area contributed by atoms with Crippen LogP contribution in [0.5, 0.6) is 5.75 Å². The second-order valence-corrected chi connectivity index (χ2v) is 5.41. The maximum absolute atomic E-state index is 11.3. The Hall–Kier alpha value is -3.14. The average Bonchev–Trinajstić information content (AvgIpc) is 2.66. The van der Waals surface area contributed by atoms with Gasteiger partial charge in [0.2, 0.25) is 0 Å². The number of nitrogens with zero attached hydrogens (tertiary/aromatic N) is 1. The summed E-state index contributed by atoms with van der Waals surface area (Å²) in [4.78, 5) is 15.7. The quantitative estimate of drug-likeness (QED) is 0.629. The van der Waals surface area contributed by atoms with Crippen LogP contribution in [-0.4, -0.2) is 24.2 Å². The minimum atomic E-state index is -0.365. The number of hydrogen-bond donors (Lipinski definition) is 0. The molecule has 0 saturated heterocycles. The number of hydrogen-bond acceptors (Lipinski definition) is 4. The van der Waals surface area contributed by atoms with E-state index in [4.69, 9.17) is 9.47 Å². The minimum absolute atomic E-state index is 0.0774. The Morgan fingerprint density at radius 1 is 1.04 bits per heavy atom. The third kappa shape index (κ3) is 4.44. The molecule has 0 amide bonds. The van der Waals surface area contributed by atoms with E-state index in [1.165, 1.54) is 0 Å². The van der Waals surface area contributed by atoms with Gasteiger partial charge in [-0.15, -0.1) is 0 Å². The molecule has 0 aliphatic rings. The maximum Gasteiger partial charge on any atom is 0.344 e. The Bertz CT molecular complexity index is 880. The highest BCUT2D eigenvalue weighted by Gasteiger charge is 2.02. The smallest absolute Gasteiger partial charge is 0.344 e. The van der Waals surface area contributed by atoms with Gasteiger partial charge in [0.05, 0.1) is 12.1 Å². The second-order valence-electron chi connectivity index (χ2n) is 5.41. The summed E-state index contributed by atoms with van der Waals surface area (Å²) >= 11 is 0. The van der Waals surface area contributed by atoms with Gasteiger partial charge in [0.1, 0.15) is 5.75 Å². The van der Waals surface area contributed by atoms with E-state index in [9.17, 15) is 4.79 Å². The minimum Gasteiger partial charge on any atom is -0.482 e. The topological polar surface area (TPSA) is 48.4 Å². The predicted octanol–water partition coefficient (Wildman–Crippen LogP) is 4.35. The summed E-state index contributed by atoms with van der Waals surface area (Å²) in [5.41, 5.74) is 3.14. The van der Waals surface area contributed by atoms with Crippen molar-refractivity contribution in [3.63, 3.8) is 0 Å². The monoisotopic (exact) mass is 333 g/mol. The zero-order chi connectivity index (χ0) is 17.5. The molecule has 0 bridgehead atoms. The highest BCUT2D eigenvalue weighted by atomic mass is 16.6. The van der Waals surface area contributed by atoms with Crippen LogP contribution in [-0.2, 0) is 9.53 Å². The van der Waals surface area contributed by atoms with Crippen LogP contribution in [0.15, 0.2) is 60.8 Å². The SMILES string of the molecule is CCOC(=O)COc1ccc(/C=C/c2ccnc3ccccc23)cc1. The first-order valence-electron chi connectivity index (χ1n) is 8.16. The molecule has 1 heterocycles. The van der Waals surface area contributed by atoms with E-state index in [-0.39, 0.29) is 12.6 Å². The molecular formula is C21H19NO3. The molecule has 126 valence electrons. The molecule has 0 unspecified atom stereocenters. The molecule has 0 N–H and O–H groups in total. The van der Waals surface area contributed by atoms with Crippen LogP contribution in [0, 0.1) is 0 Å². The number of aromatic nitrogens is 1. The van der Waals surface area contributed by atoms with Crippen molar-refractivity contribution in [1.29, 1.82) is 0 Å². The number of ether oxygens (including phenoxy) is 2. The highest BCUT2D eigenvalue weighted by molar-refractivity contribution is 5.90. The standard InChI is InChI=1S/C21H19NO3/c1-2-24-21(23)15-25-18-11-8-16(9-12-18)7-10-17-13-14-22-20-6-4-3-5-19(17)20/h3-14H,2,15H2,1H3/b10-7+. The summed E-state index contributed by atoms with van der Waals surface area (Å²) in [6, 6.07) is 17.6. The summed E-state index contributed by atoms with van der Waals surface area (Å²) in [6.07, 6.45) is 5.92. The van der Waals surface area contributed by atoms with Gasteiger partial charge in [0, 0.05) is 11.6 Å². The van der Waals surface area contributed by atoms with E-state index < -0.39 is 0 Å². The van der Waals surface area contributed by atoms with Crippen molar-refractivity contribution in [2.24, 2.45) is 0 Å². The van der Waals surface area contributed by atoms with E-state index in [1.807, 2.05) is 60.8 Å². The molecule has 0 fully saturated rings. The van der Waals surface area contributed by atoms with Crippen LogP contribution in [0.3, 0.4) is 0 Å². The molecule has 0 aliphatic carbocycles. The maximum atomic E-state index is 11.3. The summed E-state index contributed by atoms with van der Waals surface area (Å²) in [6.45, 7) is 2.05. The van der Waals surface area contributed by atoms with Gasteiger partial charge < -0.3 is 9.47 Å². The Balaban J connectivity index is 1.68. The molecular weight excluding hydrogens is 314 g/mol. The zero-order valence-electron chi connectivity index (χ0n) is 14.0. The van der Waals surface area contributed by atoms with Gasteiger partial charge in [-0.25, -0.2) is 4.79 Å². The van der Waals surface area contributed by atoms with Crippen LogP contribution in [0.4, 0.5) is 0 Å². The molecule has 2 aromatic carbocycles. The molecule has 0 radical (unpaired) electrons. The van der Waals surface area contributed by atoms with Crippen molar-refractivity contribution in [2.75, 3.05) is 13.2 Å². The Morgan fingerprint density at radius 3 is 2.64 bits per heavy atom. The van der Waals surface area contributed by atoms with Crippen molar-refractivity contribution >= 4 is 29.0 Å². The van der Waals surface area contributed by atoms with Crippen LogP contribution in [0.2, 0.25) is 0 Å². The van der Waals surface area contributed by atoms with Crippen molar-refractivity contribution < 1.29 is 14.3 Å². The lowest BCUT2D eigenvalue weighted by atomic mass is 10.1. The fourth-order valence-corrected chi connectivity index (χ4v) is 2.47. The third-order valence-electron chi connectivity index (χ3n) is 3.68. The number of esters is 1. The average molecular weight is 333 g/mol. The van der Waals surface area contributed by atoms with E-state index in [2.05, 4.69) is 17.1 Å². The van der Waals surface area contributed by atoms with Gasteiger partial charge in [-0.05, 0) is 42.3 Å². The number of para-hydroxylation sites is 1. The lowest BCUT2D eigenvalue weighted by Crippen LogP contribution is -2.14. The van der Waals surface area contributed by atoms with Crippen LogP contribution < -0.4 is 4.74 Å². The molecule has 3 aromatic rings. The Kier molecular flexibility index (Phi) is 5.42. The number of fused-ring (bicyclic) bond motifs is 1. The molecule has 0 aliphatic heterocycles. The van der Waals surface area contributed by atoms with E-state index in [0.29, 0.717) is 12.4 Å². The van der Waals surface area contributed by atoms with E-state index >= 15 is 0 Å². The lowest BCUT2D eigenvalue weighted by molar-refractivity contribution is -0.145. The van der Waals surface area contributed by atoms with Crippen LogP contribution in [0.25, 0.3) is 23.1 Å². The summed E-state index contributed by atoms with van der Waals surface area (Å²) in [7, 11) is 0. The molecule has 25 heavy (non-hydrogen) atoms. The highest BCUT2D eigenvalue weighted by Crippen LogP contribution is 2.19. The predicted molar refractivity (Wildman–Crippen MR) is 99.2 cm³/mol. The first-order valence-corrected chi connectivity index (χ1v) is 8.16. The van der Waals surface area contributed by atoms with Crippen LogP contribution in [0.1, 0.15) is 18.1 Å². The van der Waals surface area contributed by atoms with Crippen molar-refractivity contribution in [3.05, 3.63) is 71.9 Å². The number of carbonyl (C=O) groups excluding carboxylic acids is 1. The Morgan fingerprint density at radius 2 is 1.84 bits per heavy atom. The van der Waals surface area contributed by atoms with Gasteiger partial charge in [-0.1, -0.05) is 42.5 Å². The Labute approximate surface area is 146 Å². The molecule has 4 nitrogen and oxygen atoms in total. The summed E-state index contributed by atoms with van der Waals surface area (Å²) in [5.74, 6) is 0.274. The third-order valence-corrected chi connectivity index (χ3v) is 3.68. The normalized spacial score (nSPS) is 10.9. The zero-order valence-corrected chi connectivity index (χ0v) is 14.0. The fraction of sp³-hybridized carbons (Fsp3) is 0.143. The molecule has 1 aromatic heterocycles. The van der Waals surface area contributed by atoms with Crippen LogP contribution >= 0.6 is 0 Å². The van der Waals surface area contributed by atoms with E-state index in [1.54, 1.807) is 6.92 Å². The van der Waals surface area contributed by atoms with Gasteiger partial charge in [0.25, 0.3) is 0 Å². The number of carbonyl (C=O) groups is 1. The molecule has 4 heteroatoms. The molecule has 0 spiro atoms. The molecule has 3 rings (SSSR count). The summed E-state index contributed by atoms with van der Waals surface area (Å²) in [5, 5.41) is 1.12. The van der Waals surface area contributed by atoms with Crippen molar-refractivity contribution in [3.8, 4) is 5.75 Å². The largest absolute Gasteiger partial charge is 0.482 e.